The first-order valence-electron chi connectivity index (χ1n) is 12.4. The van der Waals surface area contributed by atoms with Crippen LogP contribution in [-0.4, -0.2) is 19.4 Å². The molecule has 0 saturated carbocycles. The van der Waals surface area contributed by atoms with Crippen molar-refractivity contribution in [1.29, 1.82) is 0 Å². The van der Waals surface area contributed by atoms with Crippen molar-refractivity contribution in [2.45, 2.75) is 89.5 Å². The third-order valence-electron chi connectivity index (χ3n) is 6.13. The highest BCUT2D eigenvalue weighted by molar-refractivity contribution is 7.93. The Balaban J connectivity index is 1.81. The molecule has 1 aromatic heterocycles. The van der Waals surface area contributed by atoms with E-state index in [2.05, 4.69) is 11.9 Å². The van der Waals surface area contributed by atoms with Gasteiger partial charge in [0.15, 0.2) is 0 Å². The number of para-hydroxylation sites is 1. The molecule has 0 radical (unpaired) electrons. The molecule has 0 unspecified atom stereocenters. The van der Waals surface area contributed by atoms with E-state index in [0.717, 1.165) is 30.2 Å². The second-order valence-electron chi connectivity index (χ2n) is 9.08. The molecule has 0 N–H and O–H groups in total. The fourth-order valence-electron chi connectivity index (χ4n) is 4.47. The molecular formula is C28H38N2O2S. The van der Waals surface area contributed by atoms with Gasteiger partial charge in [-0.15, -0.1) is 0 Å². The highest BCUT2D eigenvalue weighted by Gasteiger charge is 2.30. The number of rotatable bonds is 13. The summed E-state index contributed by atoms with van der Waals surface area (Å²) >= 11 is 0. The molecule has 3 rings (SSSR count). The number of hydrogen-bond donors (Lipinski definition) is 0. The van der Waals surface area contributed by atoms with Crippen LogP contribution in [0.4, 0.5) is 5.69 Å². The number of nitrogens with zero attached hydrogens (tertiary/aromatic N) is 2. The topological polar surface area (TPSA) is 50.3 Å². The molecule has 178 valence electrons. The van der Waals surface area contributed by atoms with Crippen LogP contribution in [0.2, 0.25) is 0 Å². The van der Waals surface area contributed by atoms with Gasteiger partial charge in [-0.3, -0.25) is 9.29 Å². The number of aryl methyl sites for hydroxylation is 1. The lowest BCUT2D eigenvalue weighted by molar-refractivity contribution is 0.571. The van der Waals surface area contributed by atoms with Crippen molar-refractivity contribution in [1.82, 2.24) is 4.98 Å². The van der Waals surface area contributed by atoms with E-state index in [4.69, 9.17) is 0 Å². The average Bonchev–Trinajstić information content (AvgIpc) is 2.81. The molecule has 0 atom stereocenters. The van der Waals surface area contributed by atoms with Gasteiger partial charge in [-0.2, -0.15) is 0 Å². The second kappa shape index (κ2) is 12.2. The van der Waals surface area contributed by atoms with Gasteiger partial charge in [-0.05, 0) is 50.5 Å². The molecule has 0 aliphatic heterocycles. The lowest BCUT2D eigenvalue weighted by atomic mass is 10.0. The number of benzene rings is 2. The van der Waals surface area contributed by atoms with Gasteiger partial charge in [0.2, 0.25) is 0 Å². The molecule has 0 aliphatic rings. The zero-order valence-electron chi connectivity index (χ0n) is 20.3. The first kappa shape index (κ1) is 25.2. The Morgan fingerprint density at radius 3 is 2.21 bits per heavy atom. The number of hydrogen-bond acceptors (Lipinski definition) is 3. The maximum atomic E-state index is 14.0. The Kier molecular flexibility index (Phi) is 9.30. The summed E-state index contributed by atoms with van der Waals surface area (Å²) in [6.07, 6.45) is 12.4. The predicted octanol–water partition coefficient (Wildman–Crippen LogP) is 7.52. The van der Waals surface area contributed by atoms with Gasteiger partial charge in [0.1, 0.15) is 0 Å². The number of anilines is 1. The molecule has 1 heterocycles. The van der Waals surface area contributed by atoms with Crippen molar-refractivity contribution in [2.75, 3.05) is 4.31 Å². The van der Waals surface area contributed by atoms with Crippen LogP contribution in [0.1, 0.15) is 77.7 Å². The fourth-order valence-corrected chi connectivity index (χ4v) is 6.39. The number of sulfonamides is 1. The van der Waals surface area contributed by atoms with E-state index in [1.165, 1.54) is 42.8 Å². The summed E-state index contributed by atoms with van der Waals surface area (Å²) in [6, 6.07) is 16.8. The first-order chi connectivity index (χ1) is 16.0. The summed E-state index contributed by atoms with van der Waals surface area (Å²) < 4.78 is 29.5. The average molecular weight is 467 g/mol. The van der Waals surface area contributed by atoms with Gasteiger partial charge in [-0.1, -0.05) is 88.3 Å². The molecule has 0 saturated heterocycles. The van der Waals surface area contributed by atoms with Crippen LogP contribution in [0.15, 0.2) is 65.7 Å². The van der Waals surface area contributed by atoms with Crippen LogP contribution in [-0.2, 0) is 16.4 Å². The zero-order chi connectivity index (χ0) is 23.7. The van der Waals surface area contributed by atoms with Crippen LogP contribution < -0.4 is 4.31 Å². The lowest BCUT2D eigenvalue weighted by Crippen LogP contribution is -2.37. The van der Waals surface area contributed by atoms with Crippen molar-refractivity contribution in [3.63, 3.8) is 0 Å². The zero-order valence-corrected chi connectivity index (χ0v) is 21.2. The van der Waals surface area contributed by atoms with E-state index < -0.39 is 10.0 Å². The SMILES string of the molecule is CCCCCCCCCCc1ccccc1S(=O)(=O)N(c1cccc2cccnc12)C(C)C. The van der Waals surface area contributed by atoms with Gasteiger partial charge in [0.05, 0.1) is 16.1 Å². The van der Waals surface area contributed by atoms with Crippen molar-refractivity contribution in [2.24, 2.45) is 0 Å². The Bertz CT molecular complexity index is 1120. The summed E-state index contributed by atoms with van der Waals surface area (Å²) in [5.41, 5.74) is 2.24. The third-order valence-corrected chi connectivity index (χ3v) is 8.22. The summed E-state index contributed by atoms with van der Waals surface area (Å²) in [6.45, 7) is 6.07. The van der Waals surface area contributed by atoms with Gasteiger partial charge in [0.25, 0.3) is 10.0 Å². The van der Waals surface area contributed by atoms with Crippen LogP contribution >= 0.6 is 0 Å². The van der Waals surface area contributed by atoms with Crippen LogP contribution in [0, 0.1) is 0 Å². The maximum Gasteiger partial charge on any atom is 0.264 e. The minimum absolute atomic E-state index is 0.237. The van der Waals surface area contributed by atoms with E-state index in [1.54, 1.807) is 12.3 Å². The first-order valence-corrected chi connectivity index (χ1v) is 13.9. The molecule has 0 aliphatic carbocycles. The smallest absolute Gasteiger partial charge is 0.262 e. The Labute approximate surface area is 200 Å². The molecule has 5 heteroatoms. The molecule has 3 aromatic rings. The van der Waals surface area contributed by atoms with Crippen molar-refractivity contribution in [3.8, 4) is 0 Å². The largest absolute Gasteiger partial charge is 0.264 e. The minimum atomic E-state index is -3.74. The maximum absolute atomic E-state index is 14.0. The molecule has 0 fully saturated rings. The quantitative estimate of drug-likeness (QED) is 0.245. The molecular weight excluding hydrogens is 428 g/mol. The van der Waals surface area contributed by atoms with Gasteiger partial charge < -0.3 is 0 Å². The predicted molar refractivity (Wildman–Crippen MR) is 139 cm³/mol. The van der Waals surface area contributed by atoms with Gasteiger partial charge >= 0.3 is 0 Å². The summed E-state index contributed by atoms with van der Waals surface area (Å²) in [5.74, 6) is 0. The lowest BCUT2D eigenvalue weighted by Gasteiger charge is -2.29. The minimum Gasteiger partial charge on any atom is -0.262 e. The molecule has 33 heavy (non-hydrogen) atoms. The molecule has 0 spiro atoms. The van der Waals surface area contributed by atoms with Crippen molar-refractivity contribution < 1.29 is 8.42 Å². The van der Waals surface area contributed by atoms with E-state index >= 15 is 0 Å². The summed E-state index contributed by atoms with van der Waals surface area (Å²) in [7, 11) is -3.74. The number of fused-ring (bicyclic) bond motifs is 1. The van der Waals surface area contributed by atoms with Crippen molar-refractivity contribution in [3.05, 3.63) is 66.4 Å². The van der Waals surface area contributed by atoms with Gasteiger partial charge in [0, 0.05) is 17.6 Å². The normalized spacial score (nSPS) is 11.9. The molecule has 2 aromatic carbocycles. The number of unbranched alkanes of at least 4 members (excludes halogenated alkanes) is 7. The Hall–Kier alpha value is -2.40. The third kappa shape index (κ3) is 6.35. The van der Waals surface area contributed by atoms with Crippen LogP contribution in [0.25, 0.3) is 10.9 Å². The molecule has 4 nitrogen and oxygen atoms in total. The number of pyridine rings is 1. The summed E-state index contributed by atoms with van der Waals surface area (Å²) in [5, 5.41) is 0.933. The highest BCUT2D eigenvalue weighted by Crippen LogP contribution is 2.33. The van der Waals surface area contributed by atoms with E-state index in [0.29, 0.717) is 16.1 Å². The van der Waals surface area contributed by atoms with E-state index in [9.17, 15) is 8.42 Å². The van der Waals surface area contributed by atoms with Crippen LogP contribution in [0.5, 0.6) is 0 Å². The van der Waals surface area contributed by atoms with Crippen molar-refractivity contribution >= 4 is 26.6 Å². The Morgan fingerprint density at radius 2 is 1.48 bits per heavy atom. The monoisotopic (exact) mass is 466 g/mol. The van der Waals surface area contributed by atoms with E-state index in [1.807, 2.05) is 62.4 Å². The summed E-state index contributed by atoms with van der Waals surface area (Å²) in [4.78, 5) is 4.92. The Morgan fingerprint density at radius 1 is 0.818 bits per heavy atom. The van der Waals surface area contributed by atoms with E-state index in [-0.39, 0.29) is 6.04 Å². The highest BCUT2D eigenvalue weighted by atomic mass is 32.2. The van der Waals surface area contributed by atoms with Gasteiger partial charge in [-0.25, -0.2) is 8.42 Å². The standard InChI is InChI=1S/C28H38N2O2S/c1-4-5-6-7-8-9-10-11-16-24-17-12-13-21-27(24)33(31,32)30(23(2)3)26-20-14-18-25-19-15-22-29-28(25)26/h12-15,17-23H,4-11,16H2,1-3H3. The van der Waals surface area contributed by atoms with Crippen LogP contribution in [0.3, 0.4) is 0 Å². The molecule has 0 bridgehead atoms. The number of aromatic nitrogens is 1. The fraction of sp³-hybridized carbons (Fsp3) is 0.464. The molecule has 0 amide bonds. The second-order valence-corrected chi connectivity index (χ2v) is 10.9.